The Balaban J connectivity index is 1.46. The van der Waals surface area contributed by atoms with Crippen LogP contribution in [0.15, 0.2) is 48.5 Å². The third-order valence-corrected chi connectivity index (χ3v) is 4.37. The largest absolute Gasteiger partial charge is 0.399 e. The number of rotatable bonds is 8. The van der Waals surface area contributed by atoms with Gasteiger partial charge in [0.05, 0.1) is 0 Å². The standard InChI is InChI=1S/C20H24N8/c21-14-6-4-13(5-7-14)10-11-23-18-26-19(24-16-8-9-16)28-20(27-18)25-17-3-1-2-15(22)12-17/h1-7,12,16H,8-11,21-22H2,(H3,23,24,25,26,27,28). The van der Waals surface area contributed by atoms with Crippen molar-refractivity contribution >= 4 is 34.9 Å². The van der Waals surface area contributed by atoms with Gasteiger partial charge in [0.25, 0.3) is 0 Å². The zero-order valence-corrected chi connectivity index (χ0v) is 15.5. The number of anilines is 6. The molecule has 1 aliphatic carbocycles. The lowest BCUT2D eigenvalue weighted by atomic mass is 10.1. The lowest BCUT2D eigenvalue weighted by molar-refractivity contribution is 0.955. The van der Waals surface area contributed by atoms with Crippen molar-refractivity contribution in [3.8, 4) is 0 Å². The Morgan fingerprint density at radius 2 is 1.61 bits per heavy atom. The smallest absolute Gasteiger partial charge is 0.233 e. The van der Waals surface area contributed by atoms with Crippen LogP contribution in [0.3, 0.4) is 0 Å². The van der Waals surface area contributed by atoms with Crippen molar-refractivity contribution in [2.75, 3.05) is 34.0 Å². The number of nitrogen functional groups attached to an aromatic ring is 2. The van der Waals surface area contributed by atoms with Crippen LogP contribution in [0, 0.1) is 0 Å². The number of nitrogens with zero attached hydrogens (tertiary/aromatic N) is 3. The van der Waals surface area contributed by atoms with Crippen LogP contribution in [0.2, 0.25) is 0 Å². The monoisotopic (exact) mass is 376 g/mol. The maximum Gasteiger partial charge on any atom is 0.233 e. The molecule has 28 heavy (non-hydrogen) atoms. The molecule has 4 rings (SSSR count). The van der Waals surface area contributed by atoms with Crippen molar-refractivity contribution in [3.63, 3.8) is 0 Å². The SMILES string of the molecule is Nc1ccc(CCNc2nc(Nc3cccc(N)c3)nc(NC3CC3)n2)cc1. The predicted molar refractivity (Wildman–Crippen MR) is 114 cm³/mol. The highest BCUT2D eigenvalue weighted by Crippen LogP contribution is 2.24. The summed E-state index contributed by atoms with van der Waals surface area (Å²) in [7, 11) is 0. The summed E-state index contributed by atoms with van der Waals surface area (Å²) in [6.45, 7) is 0.703. The van der Waals surface area contributed by atoms with Crippen LogP contribution in [-0.2, 0) is 6.42 Å². The van der Waals surface area contributed by atoms with Gasteiger partial charge >= 0.3 is 0 Å². The molecular formula is C20H24N8. The molecule has 0 bridgehead atoms. The van der Waals surface area contributed by atoms with E-state index < -0.39 is 0 Å². The average Bonchev–Trinajstić information content (AvgIpc) is 3.47. The van der Waals surface area contributed by atoms with Crippen molar-refractivity contribution in [1.29, 1.82) is 0 Å². The van der Waals surface area contributed by atoms with Crippen molar-refractivity contribution in [3.05, 3.63) is 54.1 Å². The second-order valence-electron chi connectivity index (χ2n) is 6.89. The van der Waals surface area contributed by atoms with E-state index in [9.17, 15) is 0 Å². The number of hydrogen-bond donors (Lipinski definition) is 5. The van der Waals surface area contributed by atoms with Gasteiger partial charge in [-0.15, -0.1) is 0 Å². The van der Waals surface area contributed by atoms with Crippen LogP contribution < -0.4 is 27.4 Å². The summed E-state index contributed by atoms with van der Waals surface area (Å²) in [6.07, 6.45) is 3.13. The molecule has 3 aromatic rings. The molecule has 0 atom stereocenters. The number of nitrogens with two attached hydrogens (primary N) is 2. The first-order valence-corrected chi connectivity index (χ1v) is 9.37. The molecule has 144 valence electrons. The topological polar surface area (TPSA) is 127 Å². The Morgan fingerprint density at radius 3 is 2.36 bits per heavy atom. The fourth-order valence-electron chi connectivity index (χ4n) is 2.73. The van der Waals surface area contributed by atoms with E-state index in [2.05, 4.69) is 30.9 Å². The zero-order valence-electron chi connectivity index (χ0n) is 15.5. The zero-order chi connectivity index (χ0) is 19.3. The highest BCUT2D eigenvalue weighted by molar-refractivity contribution is 5.60. The summed E-state index contributed by atoms with van der Waals surface area (Å²) < 4.78 is 0. The molecule has 0 spiro atoms. The Labute approximate surface area is 163 Å². The third kappa shape index (κ3) is 5.00. The fraction of sp³-hybridized carbons (Fsp3) is 0.250. The van der Waals surface area contributed by atoms with E-state index in [1.54, 1.807) is 0 Å². The van der Waals surface area contributed by atoms with E-state index in [1.165, 1.54) is 5.56 Å². The highest BCUT2D eigenvalue weighted by atomic mass is 15.3. The van der Waals surface area contributed by atoms with E-state index >= 15 is 0 Å². The Bertz CT molecular complexity index is 937. The lowest BCUT2D eigenvalue weighted by Gasteiger charge is -2.11. The summed E-state index contributed by atoms with van der Waals surface area (Å²) in [5.41, 5.74) is 15.1. The number of hydrogen-bond acceptors (Lipinski definition) is 8. The number of aromatic nitrogens is 3. The number of benzene rings is 2. The molecule has 1 heterocycles. The van der Waals surface area contributed by atoms with Gasteiger partial charge in [0.1, 0.15) is 0 Å². The van der Waals surface area contributed by atoms with Gasteiger partial charge in [-0.05, 0) is 55.2 Å². The van der Waals surface area contributed by atoms with Gasteiger partial charge in [0.15, 0.2) is 0 Å². The molecule has 0 radical (unpaired) electrons. The van der Waals surface area contributed by atoms with E-state index in [0.717, 1.165) is 30.6 Å². The molecule has 1 fully saturated rings. The maximum absolute atomic E-state index is 5.85. The minimum Gasteiger partial charge on any atom is -0.399 e. The highest BCUT2D eigenvalue weighted by Gasteiger charge is 2.22. The van der Waals surface area contributed by atoms with Crippen LogP contribution in [0.1, 0.15) is 18.4 Å². The van der Waals surface area contributed by atoms with Crippen LogP contribution >= 0.6 is 0 Å². The summed E-state index contributed by atoms with van der Waals surface area (Å²) in [5, 5.41) is 9.81. The first-order valence-electron chi connectivity index (χ1n) is 9.37. The average molecular weight is 376 g/mol. The normalized spacial score (nSPS) is 13.1. The molecule has 0 amide bonds. The Hall–Kier alpha value is -3.55. The van der Waals surface area contributed by atoms with Crippen LogP contribution in [0.25, 0.3) is 0 Å². The first-order chi connectivity index (χ1) is 13.6. The Morgan fingerprint density at radius 1 is 0.857 bits per heavy atom. The van der Waals surface area contributed by atoms with E-state index in [4.69, 9.17) is 11.5 Å². The van der Waals surface area contributed by atoms with Gasteiger partial charge in [0, 0.05) is 29.6 Å². The summed E-state index contributed by atoms with van der Waals surface area (Å²) in [6, 6.07) is 15.8. The molecule has 1 aromatic heterocycles. The van der Waals surface area contributed by atoms with Crippen molar-refractivity contribution in [2.24, 2.45) is 0 Å². The van der Waals surface area contributed by atoms with Gasteiger partial charge < -0.3 is 27.4 Å². The summed E-state index contributed by atoms with van der Waals surface area (Å²) in [5.74, 6) is 1.57. The molecule has 0 aliphatic heterocycles. The quantitative estimate of drug-likeness (QED) is 0.380. The maximum atomic E-state index is 5.85. The van der Waals surface area contributed by atoms with Gasteiger partial charge in [-0.1, -0.05) is 18.2 Å². The molecule has 8 nitrogen and oxygen atoms in total. The predicted octanol–water partition coefficient (Wildman–Crippen LogP) is 3.01. The van der Waals surface area contributed by atoms with Crippen molar-refractivity contribution < 1.29 is 0 Å². The Kier molecular flexibility index (Phi) is 5.09. The molecule has 7 N–H and O–H groups in total. The second kappa shape index (κ2) is 7.99. The minimum absolute atomic E-state index is 0.449. The minimum atomic E-state index is 0.449. The summed E-state index contributed by atoms with van der Waals surface area (Å²) >= 11 is 0. The molecule has 8 heteroatoms. The summed E-state index contributed by atoms with van der Waals surface area (Å²) in [4.78, 5) is 13.5. The van der Waals surface area contributed by atoms with E-state index in [1.807, 2.05) is 48.5 Å². The van der Waals surface area contributed by atoms with Gasteiger partial charge in [0.2, 0.25) is 17.8 Å². The van der Waals surface area contributed by atoms with Crippen LogP contribution in [0.4, 0.5) is 34.9 Å². The molecule has 0 saturated heterocycles. The molecule has 0 unspecified atom stereocenters. The molecular weight excluding hydrogens is 352 g/mol. The lowest BCUT2D eigenvalue weighted by Crippen LogP contribution is -2.13. The van der Waals surface area contributed by atoms with E-state index in [0.29, 0.717) is 36.1 Å². The fourth-order valence-corrected chi connectivity index (χ4v) is 2.73. The third-order valence-electron chi connectivity index (χ3n) is 4.37. The second-order valence-corrected chi connectivity index (χ2v) is 6.89. The van der Waals surface area contributed by atoms with E-state index in [-0.39, 0.29) is 0 Å². The number of nitrogens with one attached hydrogen (secondary N) is 3. The molecule has 2 aromatic carbocycles. The van der Waals surface area contributed by atoms with Gasteiger partial charge in [-0.25, -0.2) is 0 Å². The van der Waals surface area contributed by atoms with Crippen molar-refractivity contribution in [2.45, 2.75) is 25.3 Å². The van der Waals surface area contributed by atoms with Crippen LogP contribution in [0.5, 0.6) is 0 Å². The van der Waals surface area contributed by atoms with Crippen LogP contribution in [-0.4, -0.2) is 27.5 Å². The first kappa shape index (κ1) is 17.8. The van der Waals surface area contributed by atoms with Crippen molar-refractivity contribution in [1.82, 2.24) is 15.0 Å². The molecule has 1 saturated carbocycles. The van der Waals surface area contributed by atoms with Gasteiger partial charge in [-0.2, -0.15) is 15.0 Å². The molecule has 1 aliphatic rings. The van der Waals surface area contributed by atoms with Gasteiger partial charge in [-0.3, -0.25) is 0 Å².